The van der Waals surface area contributed by atoms with Gasteiger partial charge in [0.15, 0.2) is 0 Å². The van der Waals surface area contributed by atoms with Crippen molar-refractivity contribution in [1.82, 2.24) is 10.2 Å². The standard InChI is InChI=1S/C14H18N2O3S/c17-13(20)15-12-6-8-16(9-7-12)14(18)19-10-11-4-2-1-3-5-11/h1-5,12H,6-10H2,(H2,15,17,20). The predicted octanol–water partition coefficient (Wildman–Crippen LogP) is 2.43. The number of thiol groups is 1. The summed E-state index contributed by atoms with van der Waals surface area (Å²) in [5, 5.41) is 2.42. The van der Waals surface area contributed by atoms with Crippen LogP contribution in [-0.4, -0.2) is 35.4 Å². The zero-order valence-corrected chi connectivity index (χ0v) is 12.0. The molecule has 0 aliphatic carbocycles. The van der Waals surface area contributed by atoms with Crippen LogP contribution >= 0.6 is 12.6 Å². The van der Waals surface area contributed by atoms with Gasteiger partial charge in [-0.3, -0.25) is 4.79 Å². The first-order valence-electron chi connectivity index (χ1n) is 6.60. The first-order valence-corrected chi connectivity index (χ1v) is 7.05. The van der Waals surface area contributed by atoms with Crippen molar-refractivity contribution in [2.24, 2.45) is 0 Å². The molecule has 1 saturated heterocycles. The highest BCUT2D eigenvalue weighted by molar-refractivity contribution is 7.96. The van der Waals surface area contributed by atoms with Crippen LogP contribution in [0.5, 0.6) is 0 Å². The molecule has 20 heavy (non-hydrogen) atoms. The molecule has 5 nitrogen and oxygen atoms in total. The molecule has 1 heterocycles. The molecule has 0 aromatic heterocycles. The van der Waals surface area contributed by atoms with E-state index in [-0.39, 0.29) is 24.0 Å². The highest BCUT2D eigenvalue weighted by atomic mass is 32.1. The first kappa shape index (κ1) is 14.7. The van der Waals surface area contributed by atoms with E-state index in [2.05, 4.69) is 17.9 Å². The molecule has 1 aliphatic heterocycles. The summed E-state index contributed by atoms with van der Waals surface area (Å²) < 4.78 is 5.27. The third kappa shape index (κ3) is 4.45. The molecule has 2 amide bonds. The molecular weight excluding hydrogens is 276 g/mol. The zero-order chi connectivity index (χ0) is 14.4. The van der Waals surface area contributed by atoms with Gasteiger partial charge in [-0.05, 0) is 18.4 Å². The Morgan fingerprint density at radius 1 is 1.25 bits per heavy atom. The third-order valence-corrected chi connectivity index (χ3v) is 3.41. The zero-order valence-electron chi connectivity index (χ0n) is 11.1. The Kier molecular flexibility index (Phi) is 5.29. The number of ether oxygens (including phenoxy) is 1. The molecule has 0 unspecified atom stereocenters. The van der Waals surface area contributed by atoms with Gasteiger partial charge >= 0.3 is 6.09 Å². The molecule has 2 rings (SSSR count). The van der Waals surface area contributed by atoms with E-state index in [1.807, 2.05) is 30.3 Å². The molecule has 108 valence electrons. The Labute approximate surface area is 123 Å². The van der Waals surface area contributed by atoms with Gasteiger partial charge in [0.05, 0.1) is 0 Å². The second-order valence-electron chi connectivity index (χ2n) is 4.75. The molecule has 0 bridgehead atoms. The van der Waals surface area contributed by atoms with Gasteiger partial charge in [-0.25, -0.2) is 4.79 Å². The van der Waals surface area contributed by atoms with Crippen LogP contribution in [0.25, 0.3) is 0 Å². The summed E-state index contributed by atoms with van der Waals surface area (Å²) in [5.74, 6) is 0. The molecule has 6 heteroatoms. The quantitative estimate of drug-likeness (QED) is 0.842. The maximum absolute atomic E-state index is 11.9. The number of piperidine rings is 1. The average Bonchev–Trinajstić information content (AvgIpc) is 2.46. The molecule has 1 aliphatic rings. The van der Waals surface area contributed by atoms with E-state index in [0.29, 0.717) is 13.1 Å². The number of likely N-dealkylation sites (tertiary alicyclic amines) is 1. The van der Waals surface area contributed by atoms with Gasteiger partial charge < -0.3 is 15.0 Å². The molecule has 0 spiro atoms. The number of nitrogens with one attached hydrogen (secondary N) is 1. The number of amides is 2. The molecule has 1 aromatic rings. The number of hydrogen-bond acceptors (Lipinski definition) is 3. The van der Waals surface area contributed by atoms with E-state index in [1.165, 1.54) is 0 Å². The van der Waals surface area contributed by atoms with Crippen LogP contribution in [0, 0.1) is 0 Å². The lowest BCUT2D eigenvalue weighted by Gasteiger charge is -2.31. The van der Waals surface area contributed by atoms with Crippen LogP contribution in [0.15, 0.2) is 30.3 Å². The summed E-state index contributed by atoms with van der Waals surface area (Å²) >= 11 is 3.69. The van der Waals surface area contributed by atoms with E-state index in [4.69, 9.17) is 4.74 Å². The van der Waals surface area contributed by atoms with E-state index in [0.717, 1.165) is 18.4 Å². The Morgan fingerprint density at radius 2 is 1.90 bits per heavy atom. The third-order valence-electron chi connectivity index (χ3n) is 3.29. The molecule has 1 fully saturated rings. The second kappa shape index (κ2) is 7.19. The van der Waals surface area contributed by atoms with Crippen LogP contribution in [0.3, 0.4) is 0 Å². The minimum atomic E-state index is -0.324. The normalized spacial score (nSPS) is 15.8. The van der Waals surface area contributed by atoms with Gasteiger partial charge in [0.2, 0.25) is 0 Å². The van der Waals surface area contributed by atoms with Crippen LogP contribution in [0.4, 0.5) is 9.59 Å². The van der Waals surface area contributed by atoms with Gasteiger partial charge in [0, 0.05) is 19.1 Å². The van der Waals surface area contributed by atoms with Crippen molar-refractivity contribution in [3.63, 3.8) is 0 Å². The molecule has 0 radical (unpaired) electrons. The molecule has 0 atom stereocenters. The number of benzene rings is 1. The van der Waals surface area contributed by atoms with Crippen molar-refractivity contribution in [2.45, 2.75) is 25.5 Å². The first-order chi connectivity index (χ1) is 9.65. The fourth-order valence-corrected chi connectivity index (χ4v) is 2.37. The minimum absolute atomic E-state index is 0.0955. The summed E-state index contributed by atoms with van der Waals surface area (Å²) in [6.07, 6.45) is 1.16. The lowest BCUT2D eigenvalue weighted by atomic mass is 10.1. The smallest absolute Gasteiger partial charge is 0.410 e. The lowest BCUT2D eigenvalue weighted by Crippen LogP contribution is -2.45. The van der Waals surface area contributed by atoms with Crippen molar-refractivity contribution in [2.75, 3.05) is 13.1 Å². The van der Waals surface area contributed by atoms with Crippen molar-refractivity contribution in [3.8, 4) is 0 Å². The molecule has 0 saturated carbocycles. The van der Waals surface area contributed by atoms with Crippen molar-refractivity contribution in [3.05, 3.63) is 35.9 Å². The van der Waals surface area contributed by atoms with Gasteiger partial charge in [-0.15, -0.1) is 0 Å². The van der Waals surface area contributed by atoms with E-state index in [9.17, 15) is 9.59 Å². The summed E-state index contributed by atoms with van der Waals surface area (Å²) in [6, 6.07) is 9.68. The average molecular weight is 294 g/mol. The van der Waals surface area contributed by atoms with Crippen molar-refractivity contribution < 1.29 is 14.3 Å². The SMILES string of the molecule is O=C(S)NC1CCN(C(=O)OCc2ccccc2)CC1. The number of nitrogens with zero attached hydrogens (tertiary/aromatic N) is 1. The van der Waals surface area contributed by atoms with Crippen molar-refractivity contribution >= 4 is 24.0 Å². The fourth-order valence-electron chi connectivity index (χ4n) is 2.19. The number of carbonyl (C=O) groups is 2. The number of carbonyl (C=O) groups excluding carboxylic acids is 2. The van der Waals surface area contributed by atoms with Gasteiger partial charge in [0.25, 0.3) is 5.24 Å². The van der Waals surface area contributed by atoms with Crippen molar-refractivity contribution in [1.29, 1.82) is 0 Å². The van der Waals surface area contributed by atoms with Crippen LogP contribution in [-0.2, 0) is 11.3 Å². The Morgan fingerprint density at radius 3 is 2.50 bits per heavy atom. The van der Waals surface area contributed by atoms with E-state index in [1.54, 1.807) is 4.90 Å². The topological polar surface area (TPSA) is 58.6 Å². The maximum Gasteiger partial charge on any atom is 0.410 e. The minimum Gasteiger partial charge on any atom is -0.445 e. The summed E-state index contributed by atoms with van der Waals surface area (Å²) in [4.78, 5) is 24.4. The Bertz CT molecular complexity index is 459. The Hall–Kier alpha value is -1.69. The van der Waals surface area contributed by atoms with Gasteiger partial charge in [-0.2, -0.15) is 0 Å². The van der Waals surface area contributed by atoms with Crippen LogP contribution < -0.4 is 5.32 Å². The van der Waals surface area contributed by atoms with Crippen LogP contribution in [0.1, 0.15) is 18.4 Å². The van der Waals surface area contributed by atoms with Crippen LogP contribution in [0.2, 0.25) is 0 Å². The number of hydrogen-bond donors (Lipinski definition) is 2. The summed E-state index contributed by atoms with van der Waals surface area (Å²) in [6.45, 7) is 1.46. The Balaban J connectivity index is 1.73. The maximum atomic E-state index is 11.9. The summed E-state index contributed by atoms with van der Waals surface area (Å²) in [7, 11) is 0. The fraction of sp³-hybridized carbons (Fsp3) is 0.429. The molecular formula is C14H18N2O3S. The second-order valence-corrected chi connectivity index (χ2v) is 5.16. The van der Waals surface area contributed by atoms with Gasteiger partial charge in [0.1, 0.15) is 6.61 Å². The predicted molar refractivity (Wildman–Crippen MR) is 78.7 cm³/mol. The van der Waals surface area contributed by atoms with Gasteiger partial charge in [-0.1, -0.05) is 43.0 Å². The monoisotopic (exact) mass is 294 g/mol. The molecule has 1 N–H and O–H groups in total. The van der Waals surface area contributed by atoms with E-state index < -0.39 is 0 Å². The lowest BCUT2D eigenvalue weighted by molar-refractivity contribution is 0.0861. The van der Waals surface area contributed by atoms with E-state index >= 15 is 0 Å². The highest BCUT2D eigenvalue weighted by Gasteiger charge is 2.24. The largest absolute Gasteiger partial charge is 0.445 e. The highest BCUT2D eigenvalue weighted by Crippen LogP contribution is 2.12. The number of rotatable bonds is 3. The summed E-state index contributed by atoms with van der Waals surface area (Å²) in [5.41, 5.74) is 0.970. The molecule has 1 aromatic carbocycles.